The smallest absolute Gasteiger partial charge is 0.330 e. The normalized spacial score (nSPS) is 29.3. The van der Waals surface area contributed by atoms with Crippen LogP contribution in [0.3, 0.4) is 0 Å². The Morgan fingerprint density at radius 3 is 2.42 bits per heavy atom. The van der Waals surface area contributed by atoms with Gasteiger partial charge in [-0.2, -0.15) is 13.2 Å². The number of carbonyl (C=O) groups excluding carboxylic acids is 1. The predicted octanol–water partition coefficient (Wildman–Crippen LogP) is 2.17. The second kappa shape index (κ2) is 5.31. The topological polar surface area (TPSA) is 32.3 Å². The van der Waals surface area contributed by atoms with Crippen LogP contribution in [0.4, 0.5) is 13.2 Å². The Bertz CT molecular complexity index is 341. The standard InChI is InChI=1S/C13H21F3N2O/c1-8-11(5-6-17-8)12(19)18(7-13(14,15)16)9(2)10-3-4-10/h8-11,17H,3-7H2,1-2H3. The van der Waals surface area contributed by atoms with Crippen molar-refractivity contribution in [3.63, 3.8) is 0 Å². The molecule has 110 valence electrons. The van der Waals surface area contributed by atoms with Crippen molar-refractivity contribution in [2.75, 3.05) is 13.1 Å². The maximum Gasteiger partial charge on any atom is 0.406 e. The van der Waals surface area contributed by atoms with Crippen LogP contribution < -0.4 is 5.32 Å². The number of nitrogens with zero attached hydrogens (tertiary/aromatic N) is 1. The van der Waals surface area contributed by atoms with Crippen LogP contribution in [-0.2, 0) is 4.79 Å². The van der Waals surface area contributed by atoms with Gasteiger partial charge in [0.2, 0.25) is 5.91 Å². The molecule has 3 atom stereocenters. The lowest BCUT2D eigenvalue weighted by Gasteiger charge is -2.33. The van der Waals surface area contributed by atoms with E-state index in [-0.39, 0.29) is 29.8 Å². The van der Waals surface area contributed by atoms with Gasteiger partial charge in [0.05, 0.1) is 5.92 Å². The fraction of sp³-hybridized carbons (Fsp3) is 0.923. The van der Waals surface area contributed by atoms with E-state index < -0.39 is 12.7 Å². The third-order valence-electron chi connectivity index (χ3n) is 4.27. The van der Waals surface area contributed by atoms with E-state index in [4.69, 9.17) is 0 Å². The zero-order valence-electron chi connectivity index (χ0n) is 11.3. The molecule has 0 bridgehead atoms. The summed E-state index contributed by atoms with van der Waals surface area (Å²) in [4.78, 5) is 13.5. The lowest BCUT2D eigenvalue weighted by Crippen LogP contribution is -2.49. The van der Waals surface area contributed by atoms with Crippen LogP contribution in [0.25, 0.3) is 0 Å². The van der Waals surface area contributed by atoms with Crippen molar-refractivity contribution in [3.8, 4) is 0 Å². The summed E-state index contributed by atoms with van der Waals surface area (Å²) in [5, 5.41) is 3.12. The van der Waals surface area contributed by atoms with Crippen molar-refractivity contribution in [1.82, 2.24) is 10.2 Å². The highest BCUT2D eigenvalue weighted by Crippen LogP contribution is 2.37. The Hall–Kier alpha value is -0.780. The third-order valence-corrected chi connectivity index (χ3v) is 4.27. The van der Waals surface area contributed by atoms with Gasteiger partial charge in [-0.3, -0.25) is 4.79 Å². The maximum atomic E-state index is 12.7. The van der Waals surface area contributed by atoms with Gasteiger partial charge in [0.1, 0.15) is 6.54 Å². The summed E-state index contributed by atoms with van der Waals surface area (Å²) in [6.45, 7) is 3.19. The summed E-state index contributed by atoms with van der Waals surface area (Å²) in [7, 11) is 0. The Morgan fingerprint density at radius 1 is 1.37 bits per heavy atom. The van der Waals surface area contributed by atoms with E-state index in [1.807, 2.05) is 6.92 Å². The lowest BCUT2D eigenvalue weighted by molar-refractivity contribution is -0.168. The van der Waals surface area contributed by atoms with Crippen LogP contribution in [0.1, 0.15) is 33.1 Å². The molecule has 0 spiro atoms. The Balaban J connectivity index is 2.09. The van der Waals surface area contributed by atoms with Crippen LogP contribution >= 0.6 is 0 Å². The first-order chi connectivity index (χ1) is 8.79. The Labute approximate surface area is 111 Å². The quantitative estimate of drug-likeness (QED) is 0.855. The number of nitrogens with one attached hydrogen (secondary N) is 1. The van der Waals surface area contributed by atoms with Crippen LogP contribution in [0.2, 0.25) is 0 Å². The van der Waals surface area contributed by atoms with Gasteiger partial charge in [-0.15, -0.1) is 0 Å². The van der Waals surface area contributed by atoms with Gasteiger partial charge in [0, 0.05) is 12.1 Å². The molecule has 0 aromatic heterocycles. The van der Waals surface area contributed by atoms with E-state index in [2.05, 4.69) is 5.32 Å². The zero-order valence-corrected chi connectivity index (χ0v) is 11.3. The van der Waals surface area contributed by atoms with Gasteiger partial charge in [-0.25, -0.2) is 0 Å². The first-order valence-electron chi connectivity index (χ1n) is 6.90. The molecule has 19 heavy (non-hydrogen) atoms. The highest BCUT2D eigenvalue weighted by atomic mass is 19.4. The molecule has 6 heteroatoms. The third kappa shape index (κ3) is 3.61. The summed E-state index contributed by atoms with van der Waals surface area (Å²) >= 11 is 0. The molecule has 1 saturated heterocycles. The molecule has 1 amide bonds. The number of halogens is 3. The molecule has 1 N–H and O–H groups in total. The van der Waals surface area contributed by atoms with Crippen molar-refractivity contribution in [3.05, 3.63) is 0 Å². The minimum atomic E-state index is -4.33. The van der Waals surface area contributed by atoms with Crippen molar-refractivity contribution < 1.29 is 18.0 Å². The summed E-state index contributed by atoms with van der Waals surface area (Å²) in [5.41, 5.74) is 0. The summed E-state index contributed by atoms with van der Waals surface area (Å²) in [6, 6.07) is -0.337. The fourth-order valence-electron chi connectivity index (χ4n) is 2.86. The fourth-order valence-corrected chi connectivity index (χ4v) is 2.86. The number of hydrogen-bond donors (Lipinski definition) is 1. The van der Waals surface area contributed by atoms with E-state index >= 15 is 0 Å². The second-order valence-electron chi connectivity index (χ2n) is 5.80. The average molecular weight is 278 g/mol. The highest BCUT2D eigenvalue weighted by Gasteiger charge is 2.43. The molecule has 0 aromatic carbocycles. The number of hydrogen-bond acceptors (Lipinski definition) is 2. The largest absolute Gasteiger partial charge is 0.406 e. The SMILES string of the molecule is CC1NCCC1C(=O)N(CC(F)(F)F)C(C)C1CC1. The van der Waals surface area contributed by atoms with E-state index in [0.717, 1.165) is 17.7 Å². The molecular formula is C13H21F3N2O. The molecule has 1 heterocycles. The van der Waals surface area contributed by atoms with Crippen LogP contribution in [-0.4, -0.2) is 42.2 Å². The first kappa shape index (κ1) is 14.6. The first-order valence-corrected chi connectivity index (χ1v) is 6.90. The molecule has 2 fully saturated rings. The van der Waals surface area contributed by atoms with Crippen LogP contribution in [0, 0.1) is 11.8 Å². The van der Waals surface area contributed by atoms with Crippen molar-refractivity contribution >= 4 is 5.91 Å². The summed E-state index contributed by atoms with van der Waals surface area (Å²) < 4.78 is 38.1. The monoisotopic (exact) mass is 278 g/mol. The van der Waals surface area contributed by atoms with Gasteiger partial charge < -0.3 is 10.2 Å². The van der Waals surface area contributed by atoms with Gasteiger partial charge in [-0.1, -0.05) is 0 Å². The maximum absolute atomic E-state index is 12.7. The molecule has 3 nitrogen and oxygen atoms in total. The number of alkyl halides is 3. The number of rotatable bonds is 4. The molecule has 1 aliphatic heterocycles. The molecular weight excluding hydrogens is 257 g/mol. The highest BCUT2D eigenvalue weighted by molar-refractivity contribution is 5.80. The van der Waals surface area contributed by atoms with E-state index in [9.17, 15) is 18.0 Å². The molecule has 1 saturated carbocycles. The lowest BCUT2D eigenvalue weighted by atomic mass is 9.98. The zero-order chi connectivity index (χ0) is 14.2. The van der Waals surface area contributed by atoms with Gasteiger partial charge >= 0.3 is 6.18 Å². The number of amides is 1. The molecule has 1 aliphatic carbocycles. The second-order valence-corrected chi connectivity index (χ2v) is 5.80. The number of carbonyl (C=O) groups is 1. The minimum absolute atomic E-state index is 0.0327. The molecule has 0 radical (unpaired) electrons. The van der Waals surface area contributed by atoms with Crippen LogP contribution in [0.5, 0.6) is 0 Å². The van der Waals surface area contributed by atoms with Crippen molar-refractivity contribution in [2.45, 2.75) is 51.4 Å². The van der Waals surface area contributed by atoms with Gasteiger partial charge in [0.25, 0.3) is 0 Å². The summed E-state index contributed by atoms with van der Waals surface area (Å²) in [5.74, 6) is -0.409. The summed E-state index contributed by atoms with van der Waals surface area (Å²) in [6.07, 6.45) is -1.83. The van der Waals surface area contributed by atoms with Crippen molar-refractivity contribution in [1.29, 1.82) is 0 Å². The molecule has 3 unspecified atom stereocenters. The Kier molecular flexibility index (Phi) is 4.08. The van der Waals surface area contributed by atoms with Crippen LogP contribution in [0.15, 0.2) is 0 Å². The average Bonchev–Trinajstić information content (AvgIpc) is 3.06. The van der Waals surface area contributed by atoms with Gasteiger partial charge in [-0.05, 0) is 45.6 Å². The predicted molar refractivity (Wildman–Crippen MR) is 65.5 cm³/mol. The molecule has 0 aromatic rings. The van der Waals surface area contributed by atoms with E-state index in [1.165, 1.54) is 0 Å². The Morgan fingerprint density at radius 2 is 2.00 bits per heavy atom. The van der Waals surface area contributed by atoms with E-state index in [0.29, 0.717) is 13.0 Å². The van der Waals surface area contributed by atoms with E-state index in [1.54, 1.807) is 6.92 Å². The minimum Gasteiger partial charge on any atom is -0.330 e. The van der Waals surface area contributed by atoms with Crippen molar-refractivity contribution in [2.24, 2.45) is 11.8 Å². The molecule has 2 aliphatic rings. The molecule has 2 rings (SSSR count). The van der Waals surface area contributed by atoms with Gasteiger partial charge in [0.15, 0.2) is 0 Å².